The first-order valence-corrected chi connectivity index (χ1v) is 9.51. The van der Waals surface area contributed by atoms with Gasteiger partial charge in [0.05, 0.1) is 5.41 Å². The van der Waals surface area contributed by atoms with E-state index in [1.165, 1.54) is 11.1 Å². The molecule has 0 atom stereocenters. The molecule has 0 amide bonds. The molecule has 0 fully saturated rings. The van der Waals surface area contributed by atoms with Gasteiger partial charge in [-0.3, -0.25) is 4.79 Å². The van der Waals surface area contributed by atoms with E-state index in [0.717, 1.165) is 30.4 Å². The molecule has 0 saturated heterocycles. The van der Waals surface area contributed by atoms with Crippen LogP contribution in [-0.2, 0) is 11.2 Å². The third-order valence-electron chi connectivity index (χ3n) is 4.44. The van der Waals surface area contributed by atoms with E-state index in [-0.39, 0.29) is 5.97 Å². The second-order valence-corrected chi connectivity index (χ2v) is 8.49. The molecule has 0 heterocycles. The van der Waals surface area contributed by atoms with E-state index in [1.807, 2.05) is 51.1 Å². The lowest BCUT2D eigenvalue weighted by Gasteiger charge is -2.17. The van der Waals surface area contributed by atoms with Gasteiger partial charge in [0.1, 0.15) is 5.75 Å². The summed E-state index contributed by atoms with van der Waals surface area (Å²) in [6.07, 6.45) is 5.05. The largest absolute Gasteiger partial charge is 0.426 e. The molecule has 26 heavy (non-hydrogen) atoms. The number of allylic oxidation sites excluding steroid dienone is 1. The number of esters is 1. The normalized spacial score (nSPS) is 14.3. The Labute approximate surface area is 164 Å². The van der Waals surface area contributed by atoms with E-state index in [0.29, 0.717) is 15.8 Å². The summed E-state index contributed by atoms with van der Waals surface area (Å²) in [6, 6.07) is 11.5. The molecule has 2 nitrogen and oxygen atoms in total. The van der Waals surface area contributed by atoms with E-state index in [1.54, 1.807) is 6.07 Å². The molecular formula is C22H22Cl2O2. The zero-order valence-electron chi connectivity index (χ0n) is 15.2. The fourth-order valence-corrected chi connectivity index (χ4v) is 3.48. The second kappa shape index (κ2) is 7.46. The Morgan fingerprint density at radius 3 is 2.50 bits per heavy atom. The molecule has 0 aromatic heterocycles. The van der Waals surface area contributed by atoms with E-state index < -0.39 is 5.41 Å². The van der Waals surface area contributed by atoms with Crippen molar-refractivity contribution in [2.24, 2.45) is 5.41 Å². The average Bonchev–Trinajstić information content (AvgIpc) is 2.75. The molecule has 0 N–H and O–H groups in total. The lowest BCUT2D eigenvalue weighted by Crippen LogP contribution is -2.25. The van der Waals surface area contributed by atoms with Gasteiger partial charge in [0, 0.05) is 10.0 Å². The maximum absolute atomic E-state index is 12.1. The summed E-state index contributed by atoms with van der Waals surface area (Å²) < 4.78 is 5.53. The Kier molecular flexibility index (Phi) is 5.45. The van der Waals surface area contributed by atoms with Crippen LogP contribution in [0.25, 0.3) is 11.6 Å². The quantitative estimate of drug-likeness (QED) is 0.416. The number of aryl methyl sites for hydroxylation is 1. The first-order valence-electron chi connectivity index (χ1n) is 8.75. The van der Waals surface area contributed by atoms with Crippen molar-refractivity contribution in [1.82, 2.24) is 0 Å². The van der Waals surface area contributed by atoms with E-state index >= 15 is 0 Å². The van der Waals surface area contributed by atoms with Gasteiger partial charge in [-0.05, 0) is 86.6 Å². The summed E-state index contributed by atoms with van der Waals surface area (Å²) in [4.78, 5) is 12.1. The molecule has 3 rings (SSSR count). The third kappa shape index (κ3) is 4.31. The van der Waals surface area contributed by atoms with Crippen molar-refractivity contribution in [2.75, 3.05) is 0 Å². The highest BCUT2D eigenvalue weighted by atomic mass is 35.5. The smallest absolute Gasteiger partial charge is 0.316 e. The number of benzene rings is 2. The second-order valence-electron chi connectivity index (χ2n) is 7.65. The van der Waals surface area contributed by atoms with Gasteiger partial charge in [-0.2, -0.15) is 0 Å². The highest BCUT2D eigenvalue weighted by Crippen LogP contribution is 2.35. The van der Waals surface area contributed by atoms with E-state index in [4.69, 9.17) is 27.9 Å². The summed E-state index contributed by atoms with van der Waals surface area (Å²) in [5.74, 6) is 0.375. The lowest BCUT2D eigenvalue weighted by atomic mass is 9.97. The topological polar surface area (TPSA) is 26.3 Å². The standard InChI is InChI=1S/C22H22Cl2O2/c1-22(2,3)21(25)26-18-9-7-15-11-16(6-4-5-14(15)12-18)19-10-8-17(23)13-20(19)24/h7-13H,4-6H2,1-3H3. The zero-order valence-corrected chi connectivity index (χ0v) is 16.7. The highest BCUT2D eigenvalue weighted by molar-refractivity contribution is 6.35. The Morgan fingerprint density at radius 2 is 1.81 bits per heavy atom. The van der Waals surface area contributed by atoms with Crippen LogP contribution in [0.1, 0.15) is 50.3 Å². The van der Waals surface area contributed by atoms with Gasteiger partial charge in [0.25, 0.3) is 0 Å². The van der Waals surface area contributed by atoms with Gasteiger partial charge in [0.2, 0.25) is 0 Å². The SMILES string of the molecule is CC(C)(C)C(=O)Oc1ccc2c(c1)CCCC(c1ccc(Cl)cc1Cl)=C2. The summed E-state index contributed by atoms with van der Waals surface area (Å²) in [5.41, 5.74) is 4.02. The van der Waals surface area contributed by atoms with Crippen molar-refractivity contribution in [3.05, 3.63) is 63.1 Å². The molecule has 2 aromatic carbocycles. The van der Waals surface area contributed by atoms with Crippen LogP contribution in [0.4, 0.5) is 0 Å². The van der Waals surface area contributed by atoms with Crippen LogP contribution in [0.2, 0.25) is 10.0 Å². The van der Waals surface area contributed by atoms with Crippen LogP contribution < -0.4 is 4.74 Å². The van der Waals surface area contributed by atoms with E-state index in [9.17, 15) is 4.79 Å². The predicted molar refractivity (Wildman–Crippen MR) is 109 cm³/mol. The summed E-state index contributed by atoms with van der Waals surface area (Å²) in [7, 11) is 0. The van der Waals surface area contributed by atoms with Gasteiger partial charge < -0.3 is 4.74 Å². The molecule has 1 aliphatic rings. The van der Waals surface area contributed by atoms with Crippen molar-refractivity contribution in [1.29, 1.82) is 0 Å². The van der Waals surface area contributed by atoms with Crippen molar-refractivity contribution in [3.63, 3.8) is 0 Å². The number of carbonyl (C=O) groups excluding carboxylic acids is 1. The summed E-state index contributed by atoms with van der Waals surface area (Å²) >= 11 is 12.4. The number of hydrogen-bond donors (Lipinski definition) is 0. The molecule has 0 bridgehead atoms. The number of hydrogen-bond acceptors (Lipinski definition) is 2. The zero-order chi connectivity index (χ0) is 18.9. The van der Waals surface area contributed by atoms with Crippen molar-refractivity contribution < 1.29 is 9.53 Å². The first kappa shape index (κ1) is 19.0. The Balaban J connectivity index is 1.91. The third-order valence-corrected chi connectivity index (χ3v) is 4.98. The minimum atomic E-state index is -0.523. The van der Waals surface area contributed by atoms with Crippen molar-refractivity contribution in [2.45, 2.75) is 40.0 Å². The van der Waals surface area contributed by atoms with Crippen LogP contribution in [-0.4, -0.2) is 5.97 Å². The molecule has 0 unspecified atom stereocenters. The number of carbonyl (C=O) groups is 1. The van der Waals surface area contributed by atoms with Crippen LogP contribution >= 0.6 is 23.2 Å². The molecule has 1 aliphatic carbocycles. The van der Waals surface area contributed by atoms with Gasteiger partial charge in [0.15, 0.2) is 0 Å². The number of rotatable bonds is 2. The van der Waals surface area contributed by atoms with Crippen LogP contribution in [0.5, 0.6) is 5.75 Å². The molecule has 0 aliphatic heterocycles. The average molecular weight is 389 g/mol. The minimum Gasteiger partial charge on any atom is -0.426 e. The Bertz CT molecular complexity index is 876. The summed E-state index contributed by atoms with van der Waals surface area (Å²) in [6.45, 7) is 5.55. The van der Waals surface area contributed by atoms with Gasteiger partial charge in [-0.1, -0.05) is 41.4 Å². The molecule has 0 radical (unpaired) electrons. The van der Waals surface area contributed by atoms with Crippen molar-refractivity contribution >= 4 is 40.8 Å². The molecular weight excluding hydrogens is 367 g/mol. The first-order chi connectivity index (χ1) is 12.2. The van der Waals surface area contributed by atoms with E-state index in [2.05, 4.69) is 6.08 Å². The fourth-order valence-electron chi connectivity index (χ4n) is 2.95. The molecule has 4 heteroatoms. The number of fused-ring (bicyclic) bond motifs is 1. The maximum atomic E-state index is 12.1. The van der Waals surface area contributed by atoms with Gasteiger partial charge in [-0.15, -0.1) is 0 Å². The Morgan fingerprint density at radius 1 is 1.04 bits per heavy atom. The highest BCUT2D eigenvalue weighted by Gasteiger charge is 2.24. The molecule has 0 spiro atoms. The number of halogens is 2. The lowest BCUT2D eigenvalue weighted by molar-refractivity contribution is -0.142. The minimum absolute atomic E-state index is 0.227. The monoisotopic (exact) mass is 388 g/mol. The van der Waals surface area contributed by atoms with Crippen LogP contribution in [0, 0.1) is 5.41 Å². The number of ether oxygens (including phenoxy) is 1. The maximum Gasteiger partial charge on any atom is 0.316 e. The molecule has 2 aromatic rings. The summed E-state index contributed by atoms with van der Waals surface area (Å²) in [5, 5.41) is 1.31. The Hall–Kier alpha value is -1.77. The van der Waals surface area contributed by atoms with Crippen molar-refractivity contribution in [3.8, 4) is 5.75 Å². The van der Waals surface area contributed by atoms with Gasteiger partial charge in [-0.25, -0.2) is 0 Å². The van der Waals surface area contributed by atoms with Gasteiger partial charge >= 0.3 is 5.97 Å². The molecule has 136 valence electrons. The van der Waals surface area contributed by atoms with Crippen LogP contribution in [0.3, 0.4) is 0 Å². The molecule has 0 saturated carbocycles. The predicted octanol–water partition coefficient (Wildman–Crippen LogP) is 6.82. The van der Waals surface area contributed by atoms with Crippen LogP contribution in [0.15, 0.2) is 36.4 Å². The fraction of sp³-hybridized carbons (Fsp3) is 0.318.